The number of hydrogen-bond donors (Lipinski definition) is 1. The van der Waals surface area contributed by atoms with Crippen LogP contribution in [0.15, 0.2) is 24.3 Å². The molecule has 1 N–H and O–H groups in total. The highest BCUT2D eigenvalue weighted by Gasteiger charge is 2.19. The number of benzene rings is 1. The molecule has 19 heavy (non-hydrogen) atoms. The predicted octanol–water partition coefficient (Wildman–Crippen LogP) is 5.01. The summed E-state index contributed by atoms with van der Waals surface area (Å²) in [5.74, 6) is 0.935. The third-order valence-electron chi connectivity index (χ3n) is 4.41. The fourth-order valence-corrected chi connectivity index (χ4v) is 3.21. The van der Waals surface area contributed by atoms with E-state index in [0.717, 1.165) is 12.5 Å². The molecule has 1 heteroatoms. The Morgan fingerprint density at radius 3 is 2.42 bits per heavy atom. The van der Waals surface area contributed by atoms with Gasteiger partial charge in [-0.25, -0.2) is 0 Å². The summed E-state index contributed by atoms with van der Waals surface area (Å²) in [6, 6.07) is 9.67. The van der Waals surface area contributed by atoms with Crippen LogP contribution in [-0.4, -0.2) is 6.54 Å². The second-order valence-electron chi connectivity index (χ2n) is 6.16. The van der Waals surface area contributed by atoms with Crippen LogP contribution < -0.4 is 5.32 Å². The first-order valence-electron chi connectivity index (χ1n) is 8.09. The van der Waals surface area contributed by atoms with Crippen LogP contribution in [0, 0.1) is 12.8 Å². The number of nitrogens with one attached hydrogen (secondary N) is 1. The molecular formula is C18H29N. The van der Waals surface area contributed by atoms with Gasteiger partial charge in [0.05, 0.1) is 0 Å². The molecule has 2 rings (SSSR count). The molecule has 1 fully saturated rings. The number of aryl methyl sites for hydroxylation is 1. The van der Waals surface area contributed by atoms with Gasteiger partial charge < -0.3 is 5.32 Å². The van der Waals surface area contributed by atoms with E-state index in [1.807, 2.05) is 0 Å². The monoisotopic (exact) mass is 259 g/mol. The zero-order valence-corrected chi connectivity index (χ0v) is 12.6. The Kier molecular flexibility index (Phi) is 5.91. The summed E-state index contributed by atoms with van der Waals surface area (Å²) in [5.41, 5.74) is 2.83. The number of rotatable bonds is 6. The lowest BCUT2D eigenvalue weighted by atomic mass is 9.83. The molecule has 0 heterocycles. The van der Waals surface area contributed by atoms with E-state index in [0.29, 0.717) is 6.04 Å². The van der Waals surface area contributed by atoms with Crippen LogP contribution in [0.25, 0.3) is 0 Å². The maximum absolute atomic E-state index is 3.75. The summed E-state index contributed by atoms with van der Waals surface area (Å²) < 4.78 is 0. The smallest absolute Gasteiger partial charge is 0.0322 e. The van der Waals surface area contributed by atoms with Crippen LogP contribution in [0.5, 0.6) is 0 Å². The van der Waals surface area contributed by atoms with Crippen molar-refractivity contribution in [2.75, 3.05) is 6.54 Å². The Labute approximate surface area is 118 Å². The van der Waals surface area contributed by atoms with Gasteiger partial charge in [-0.2, -0.15) is 0 Å². The van der Waals surface area contributed by atoms with Gasteiger partial charge in [-0.3, -0.25) is 0 Å². The molecule has 0 aliphatic heterocycles. The minimum Gasteiger partial charge on any atom is -0.310 e. The van der Waals surface area contributed by atoms with Crippen LogP contribution in [0.2, 0.25) is 0 Å². The fourth-order valence-electron chi connectivity index (χ4n) is 3.21. The molecule has 0 radical (unpaired) electrons. The van der Waals surface area contributed by atoms with Crippen molar-refractivity contribution >= 4 is 0 Å². The Morgan fingerprint density at radius 2 is 1.79 bits per heavy atom. The molecule has 0 amide bonds. The summed E-state index contributed by atoms with van der Waals surface area (Å²) in [5, 5.41) is 3.75. The highest BCUT2D eigenvalue weighted by molar-refractivity contribution is 5.24. The van der Waals surface area contributed by atoms with Crippen molar-refractivity contribution in [3.63, 3.8) is 0 Å². The Hall–Kier alpha value is -0.820. The molecule has 106 valence electrons. The minimum atomic E-state index is 0.559. The molecule has 1 unspecified atom stereocenters. The van der Waals surface area contributed by atoms with Crippen LogP contribution in [0.4, 0.5) is 0 Å². The van der Waals surface area contributed by atoms with E-state index in [4.69, 9.17) is 0 Å². The van der Waals surface area contributed by atoms with E-state index < -0.39 is 0 Å². The molecule has 1 aromatic rings. The van der Waals surface area contributed by atoms with Gasteiger partial charge in [-0.1, -0.05) is 68.9 Å². The van der Waals surface area contributed by atoms with Gasteiger partial charge in [-0.05, 0) is 37.8 Å². The highest BCUT2D eigenvalue weighted by atomic mass is 14.9. The Morgan fingerprint density at radius 1 is 1.11 bits per heavy atom. The Balaban J connectivity index is 1.99. The van der Waals surface area contributed by atoms with Gasteiger partial charge in [-0.15, -0.1) is 0 Å². The van der Waals surface area contributed by atoms with Crippen molar-refractivity contribution in [2.24, 2.45) is 5.92 Å². The highest BCUT2D eigenvalue weighted by Crippen LogP contribution is 2.32. The average molecular weight is 259 g/mol. The topological polar surface area (TPSA) is 12.0 Å². The van der Waals surface area contributed by atoms with E-state index in [1.165, 1.54) is 56.1 Å². The third kappa shape index (κ3) is 4.65. The predicted molar refractivity (Wildman–Crippen MR) is 83.4 cm³/mol. The van der Waals surface area contributed by atoms with Crippen LogP contribution in [0.3, 0.4) is 0 Å². The molecule has 0 aromatic heterocycles. The molecule has 0 bridgehead atoms. The van der Waals surface area contributed by atoms with E-state index >= 15 is 0 Å². The molecule has 1 atom stereocenters. The SMILES string of the molecule is CCCNC(CC1CCCCC1)c1ccc(C)cc1. The molecule has 1 aromatic carbocycles. The first-order valence-corrected chi connectivity index (χ1v) is 8.09. The zero-order chi connectivity index (χ0) is 13.5. The van der Waals surface area contributed by atoms with E-state index in [-0.39, 0.29) is 0 Å². The lowest BCUT2D eigenvalue weighted by Crippen LogP contribution is -2.25. The molecule has 1 saturated carbocycles. The fraction of sp³-hybridized carbons (Fsp3) is 0.667. The first-order chi connectivity index (χ1) is 9.29. The van der Waals surface area contributed by atoms with E-state index in [2.05, 4.69) is 43.4 Å². The summed E-state index contributed by atoms with van der Waals surface area (Å²) in [4.78, 5) is 0. The van der Waals surface area contributed by atoms with Gasteiger partial charge in [0.25, 0.3) is 0 Å². The maximum Gasteiger partial charge on any atom is 0.0322 e. The summed E-state index contributed by atoms with van der Waals surface area (Å²) >= 11 is 0. The quantitative estimate of drug-likeness (QED) is 0.757. The minimum absolute atomic E-state index is 0.559. The van der Waals surface area contributed by atoms with Gasteiger partial charge in [0.15, 0.2) is 0 Å². The second-order valence-corrected chi connectivity index (χ2v) is 6.16. The average Bonchev–Trinajstić information content (AvgIpc) is 2.45. The molecule has 0 spiro atoms. The van der Waals surface area contributed by atoms with E-state index in [9.17, 15) is 0 Å². The van der Waals surface area contributed by atoms with Crippen molar-refractivity contribution in [3.8, 4) is 0 Å². The van der Waals surface area contributed by atoms with Crippen molar-refractivity contribution in [1.29, 1.82) is 0 Å². The summed E-state index contributed by atoms with van der Waals surface area (Å²) in [6.07, 6.45) is 9.76. The van der Waals surface area contributed by atoms with Crippen molar-refractivity contribution in [2.45, 2.75) is 64.8 Å². The van der Waals surface area contributed by atoms with Crippen molar-refractivity contribution in [3.05, 3.63) is 35.4 Å². The van der Waals surface area contributed by atoms with Crippen molar-refractivity contribution < 1.29 is 0 Å². The summed E-state index contributed by atoms with van der Waals surface area (Å²) in [6.45, 7) is 5.55. The van der Waals surface area contributed by atoms with Crippen LogP contribution in [0.1, 0.15) is 69.0 Å². The molecule has 1 nitrogen and oxygen atoms in total. The van der Waals surface area contributed by atoms with Gasteiger partial charge in [0, 0.05) is 6.04 Å². The lowest BCUT2D eigenvalue weighted by Gasteiger charge is -2.27. The number of hydrogen-bond acceptors (Lipinski definition) is 1. The standard InChI is InChI=1S/C18H29N/c1-3-13-19-18(14-16-7-5-4-6-8-16)17-11-9-15(2)10-12-17/h9-12,16,18-19H,3-8,13-14H2,1-2H3. The Bertz CT molecular complexity index is 348. The normalized spacial score (nSPS) is 18.4. The van der Waals surface area contributed by atoms with E-state index in [1.54, 1.807) is 0 Å². The van der Waals surface area contributed by atoms with Crippen molar-refractivity contribution in [1.82, 2.24) is 5.32 Å². The van der Waals surface area contributed by atoms with Gasteiger partial charge >= 0.3 is 0 Å². The second kappa shape index (κ2) is 7.69. The van der Waals surface area contributed by atoms with Gasteiger partial charge in [0.1, 0.15) is 0 Å². The molecular weight excluding hydrogens is 230 g/mol. The first kappa shape index (κ1) is 14.6. The van der Waals surface area contributed by atoms with Crippen LogP contribution in [-0.2, 0) is 0 Å². The molecule has 1 aliphatic rings. The summed E-state index contributed by atoms with van der Waals surface area (Å²) in [7, 11) is 0. The lowest BCUT2D eigenvalue weighted by molar-refractivity contribution is 0.300. The zero-order valence-electron chi connectivity index (χ0n) is 12.6. The van der Waals surface area contributed by atoms with Gasteiger partial charge in [0.2, 0.25) is 0 Å². The maximum atomic E-state index is 3.75. The molecule has 1 aliphatic carbocycles. The third-order valence-corrected chi connectivity index (χ3v) is 4.41. The molecule has 0 saturated heterocycles. The van der Waals surface area contributed by atoms with Crippen LogP contribution >= 0.6 is 0 Å². The largest absolute Gasteiger partial charge is 0.310 e.